The minimum atomic E-state index is -0.0940. The van der Waals surface area contributed by atoms with E-state index < -0.39 is 0 Å². The number of hydrogen-bond acceptors (Lipinski definition) is 3. The molecule has 1 saturated heterocycles. The summed E-state index contributed by atoms with van der Waals surface area (Å²) in [4.78, 5) is 8.99. The average molecular weight is 432 g/mol. The van der Waals surface area contributed by atoms with Crippen molar-refractivity contribution in [2.75, 3.05) is 26.2 Å². The van der Waals surface area contributed by atoms with Crippen LogP contribution in [0, 0.1) is 6.92 Å². The lowest BCUT2D eigenvalue weighted by Crippen LogP contribution is -2.40. The average Bonchev–Trinajstić information content (AvgIpc) is 2.94. The molecule has 5 nitrogen and oxygen atoms in total. The minimum absolute atomic E-state index is 0. The second kappa shape index (κ2) is 10.1. The first-order chi connectivity index (χ1) is 10.6. The van der Waals surface area contributed by atoms with Crippen molar-refractivity contribution in [2.45, 2.75) is 45.6 Å². The Morgan fingerprint density at radius 3 is 2.83 bits per heavy atom. The van der Waals surface area contributed by atoms with E-state index in [-0.39, 0.29) is 29.6 Å². The Kier molecular flexibility index (Phi) is 8.83. The maximum absolute atomic E-state index is 5.78. The van der Waals surface area contributed by atoms with Crippen molar-refractivity contribution in [1.29, 1.82) is 0 Å². The van der Waals surface area contributed by atoms with Crippen LogP contribution >= 0.6 is 24.0 Å². The van der Waals surface area contributed by atoms with Gasteiger partial charge in [0.25, 0.3) is 0 Å². The first-order valence-corrected chi connectivity index (χ1v) is 8.19. The Morgan fingerprint density at radius 2 is 2.22 bits per heavy atom. The summed E-state index contributed by atoms with van der Waals surface area (Å²) in [6.45, 7) is 9.48. The molecule has 1 aliphatic rings. The van der Waals surface area contributed by atoms with E-state index in [1.165, 1.54) is 5.56 Å². The molecule has 130 valence electrons. The number of ether oxygens (including phenoxy) is 1. The molecule has 1 fully saturated rings. The number of hydrogen-bond donors (Lipinski definition) is 2. The van der Waals surface area contributed by atoms with Crippen molar-refractivity contribution >= 4 is 29.9 Å². The molecule has 1 aliphatic heterocycles. The summed E-state index contributed by atoms with van der Waals surface area (Å²) in [7, 11) is 0. The molecule has 6 heteroatoms. The van der Waals surface area contributed by atoms with Gasteiger partial charge < -0.3 is 15.4 Å². The van der Waals surface area contributed by atoms with Gasteiger partial charge in [-0.1, -0.05) is 6.07 Å². The summed E-state index contributed by atoms with van der Waals surface area (Å²) >= 11 is 0. The van der Waals surface area contributed by atoms with Crippen LogP contribution in [0.25, 0.3) is 0 Å². The van der Waals surface area contributed by atoms with E-state index in [0.29, 0.717) is 6.54 Å². The van der Waals surface area contributed by atoms with E-state index >= 15 is 0 Å². The standard InChI is InChI=1S/C17H28N4O.HI/c1-4-18-16(21-13-17(3)9-5-11-22-17)19-10-8-15-7-6-14(2)20-12-15;/h6-7,12H,4-5,8-11,13H2,1-3H3,(H2,18,19,21);1H. The Bertz CT molecular complexity index is 484. The van der Waals surface area contributed by atoms with E-state index in [0.717, 1.165) is 50.6 Å². The van der Waals surface area contributed by atoms with Gasteiger partial charge in [-0.15, -0.1) is 24.0 Å². The molecule has 2 N–H and O–H groups in total. The highest BCUT2D eigenvalue weighted by atomic mass is 127. The predicted octanol–water partition coefficient (Wildman–Crippen LogP) is 2.67. The van der Waals surface area contributed by atoms with Crippen LogP contribution in [0.4, 0.5) is 0 Å². The number of aliphatic imine (C=N–C) groups is 1. The van der Waals surface area contributed by atoms with E-state index in [1.54, 1.807) is 0 Å². The molecular weight excluding hydrogens is 403 g/mol. The number of rotatable bonds is 6. The zero-order valence-corrected chi connectivity index (χ0v) is 16.7. The molecular formula is C17H29IN4O. The molecule has 0 aromatic carbocycles. The summed E-state index contributed by atoms with van der Waals surface area (Å²) in [6.07, 6.45) is 5.10. The third-order valence-corrected chi connectivity index (χ3v) is 3.90. The molecule has 2 heterocycles. The quantitative estimate of drug-likeness (QED) is 0.413. The first-order valence-electron chi connectivity index (χ1n) is 8.19. The highest BCUT2D eigenvalue weighted by molar-refractivity contribution is 14.0. The zero-order chi connectivity index (χ0) is 15.8. The van der Waals surface area contributed by atoms with Crippen LogP contribution in [-0.4, -0.2) is 42.8 Å². The monoisotopic (exact) mass is 432 g/mol. The van der Waals surface area contributed by atoms with Crippen LogP contribution in [0.2, 0.25) is 0 Å². The molecule has 2 rings (SSSR count). The normalized spacial score (nSPS) is 20.9. The van der Waals surface area contributed by atoms with Crippen molar-refractivity contribution in [2.24, 2.45) is 4.99 Å². The fourth-order valence-corrected chi connectivity index (χ4v) is 2.52. The van der Waals surface area contributed by atoms with Gasteiger partial charge in [-0.3, -0.25) is 9.98 Å². The van der Waals surface area contributed by atoms with Crippen LogP contribution in [0.15, 0.2) is 23.3 Å². The van der Waals surface area contributed by atoms with Crippen LogP contribution in [0.3, 0.4) is 0 Å². The minimum Gasteiger partial charge on any atom is -0.373 e. The number of pyridine rings is 1. The number of halogens is 1. The largest absolute Gasteiger partial charge is 0.373 e. The van der Waals surface area contributed by atoms with Gasteiger partial charge in [0.05, 0.1) is 12.1 Å². The number of aryl methyl sites for hydroxylation is 1. The predicted molar refractivity (Wildman–Crippen MR) is 106 cm³/mol. The van der Waals surface area contributed by atoms with Crippen LogP contribution in [0.1, 0.15) is 37.9 Å². The molecule has 0 amide bonds. The summed E-state index contributed by atoms with van der Waals surface area (Å²) in [5, 5.41) is 6.67. The molecule has 0 radical (unpaired) electrons. The number of nitrogens with one attached hydrogen (secondary N) is 2. The number of aromatic nitrogens is 1. The van der Waals surface area contributed by atoms with Gasteiger partial charge in [0.2, 0.25) is 0 Å². The summed E-state index contributed by atoms with van der Waals surface area (Å²) < 4.78 is 5.78. The Labute approximate surface area is 156 Å². The van der Waals surface area contributed by atoms with Crippen LogP contribution in [-0.2, 0) is 11.2 Å². The molecule has 1 unspecified atom stereocenters. The Hall–Kier alpha value is -0.890. The maximum Gasteiger partial charge on any atom is 0.191 e. The van der Waals surface area contributed by atoms with E-state index in [2.05, 4.69) is 40.5 Å². The van der Waals surface area contributed by atoms with Gasteiger partial charge in [-0.25, -0.2) is 0 Å². The molecule has 1 aromatic heterocycles. The SMILES string of the molecule is CCNC(=NCC1(C)CCCO1)NCCc1ccc(C)nc1.I. The van der Waals surface area contributed by atoms with Crippen molar-refractivity contribution < 1.29 is 4.74 Å². The summed E-state index contributed by atoms with van der Waals surface area (Å²) in [6, 6.07) is 4.17. The Balaban J connectivity index is 0.00000264. The molecule has 0 spiro atoms. The van der Waals surface area contributed by atoms with Crippen molar-refractivity contribution in [3.8, 4) is 0 Å². The fourth-order valence-electron chi connectivity index (χ4n) is 2.52. The third-order valence-electron chi connectivity index (χ3n) is 3.90. The molecule has 1 aromatic rings. The molecule has 0 aliphatic carbocycles. The van der Waals surface area contributed by atoms with Crippen LogP contribution in [0.5, 0.6) is 0 Å². The Morgan fingerprint density at radius 1 is 1.39 bits per heavy atom. The van der Waals surface area contributed by atoms with Crippen molar-refractivity contribution in [3.05, 3.63) is 29.6 Å². The smallest absolute Gasteiger partial charge is 0.191 e. The molecule has 23 heavy (non-hydrogen) atoms. The summed E-state index contributed by atoms with van der Waals surface area (Å²) in [5.74, 6) is 0.860. The third kappa shape index (κ3) is 7.03. The van der Waals surface area contributed by atoms with Gasteiger partial charge in [0.1, 0.15) is 0 Å². The van der Waals surface area contributed by atoms with Gasteiger partial charge in [-0.2, -0.15) is 0 Å². The van der Waals surface area contributed by atoms with E-state index in [9.17, 15) is 0 Å². The van der Waals surface area contributed by atoms with E-state index in [4.69, 9.17) is 4.74 Å². The van der Waals surface area contributed by atoms with Gasteiger partial charge in [0, 0.05) is 31.6 Å². The second-order valence-corrected chi connectivity index (χ2v) is 6.08. The van der Waals surface area contributed by atoms with Crippen LogP contribution < -0.4 is 10.6 Å². The van der Waals surface area contributed by atoms with Crippen molar-refractivity contribution in [3.63, 3.8) is 0 Å². The highest BCUT2D eigenvalue weighted by Crippen LogP contribution is 2.24. The second-order valence-electron chi connectivity index (χ2n) is 6.08. The molecule has 1 atom stereocenters. The highest BCUT2D eigenvalue weighted by Gasteiger charge is 2.29. The maximum atomic E-state index is 5.78. The molecule has 0 saturated carbocycles. The van der Waals surface area contributed by atoms with Gasteiger partial charge in [0.15, 0.2) is 5.96 Å². The lowest BCUT2D eigenvalue weighted by atomic mass is 10.0. The molecule has 0 bridgehead atoms. The first kappa shape index (κ1) is 20.2. The number of guanidine groups is 1. The lowest BCUT2D eigenvalue weighted by Gasteiger charge is -2.21. The fraction of sp³-hybridized carbons (Fsp3) is 0.647. The summed E-state index contributed by atoms with van der Waals surface area (Å²) in [5.41, 5.74) is 2.19. The topological polar surface area (TPSA) is 58.5 Å². The van der Waals surface area contributed by atoms with Gasteiger partial charge in [-0.05, 0) is 51.7 Å². The van der Waals surface area contributed by atoms with Gasteiger partial charge >= 0.3 is 0 Å². The van der Waals surface area contributed by atoms with E-state index in [1.807, 2.05) is 19.2 Å². The lowest BCUT2D eigenvalue weighted by molar-refractivity contribution is 0.0283. The van der Waals surface area contributed by atoms with Crippen molar-refractivity contribution in [1.82, 2.24) is 15.6 Å². The number of nitrogens with zero attached hydrogens (tertiary/aromatic N) is 2. The zero-order valence-electron chi connectivity index (χ0n) is 14.4.